The summed E-state index contributed by atoms with van der Waals surface area (Å²) in [6.07, 6.45) is 0.196. The summed E-state index contributed by atoms with van der Waals surface area (Å²) in [5, 5.41) is 23.2. The summed E-state index contributed by atoms with van der Waals surface area (Å²) in [5.74, 6) is 0.680. The summed E-state index contributed by atoms with van der Waals surface area (Å²) in [5.41, 5.74) is 3.61. The molecule has 1 heterocycles. The van der Waals surface area contributed by atoms with Crippen molar-refractivity contribution in [3.05, 3.63) is 112 Å². The normalized spacial score (nSPS) is 11.9. The maximum absolute atomic E-state index is 13.3. The van der Waals surface area contributed by atoms with E-state index >= 15 is 0 Å². The van der Waals surface area contributed by atoms with Crippen molar-refractivity contribution in [1.29, 1.82) is 0 Å². The minimum atomic E-state index is -0.515. The maximum Gasteiger partial charge on any atom is 0.222 e. The standard InChI is InChI=1S/C29H26N4O2S/c1-19-8-7-12-22(18-19)28-31-32-29(36)33(28)17-16-25(35)30-27(21-10-3-2-4-11-21)26-23-13-6-5-9-20(23)14-15-24(26)34/h2-15,18,27,34H,16-17H2,1H3,(H,30,35)(H,32,36). The topological polar surface area (TPSA) is 82.9 Å². The zero-order valence-electron chi connectivity index (χ0n) is 19.8. The molecule has 1 aromatic heterocycles. The number of carbonyl (C=O) groups is 1. The number of amides is 1. The molecule has 5 aromatic rings. The fourth-order valence-electron chi connectivity index (χ4n) is 4.53. The van der Waals surface area contributed by atoms with Crippen LogP contribution in [0.25, 0.3) is 22.2 Å². The van der Waals surface area contributed by atoms with E-state index in [2.05, 4.69) is 15.5 Å². The molecule has 7 heteroatoms. The quantitative estimate of drug-likeness (QED) is 0.240. The van der Waals surface area contributed by atoms with Crippen LogP contribution in [0.1, 0.15) is 29.2 Å². The summed E-state index contributed by atoms with van der Waals surface area (Å²) in [4.78, 5) is 13.3. The third-order valence-electron chi connectivity index (χ3n) is 6.27. The first-order valence-electron chi connectivity index (χ1n) is 11.8. The molecule has 0 spiro atoms. The van der Waals surface area contributed by atoms with Gasteiger partial charge in [-0.3, -0.25) is 14.5 Å². The predicted molar refractivity (Wildman–Crippen MR) is 144 cm³/mol. The summed E-state index contributed by atoms with van der Waals surface area (Å²) in [6.45, 7) is 2.39. The molecule has 0 fully saturated rings. The molecule has 1 unspecified atom stereocenters. The number of phenolic OH excluding ortho intramolecular Hbond substituents is 1. The molecule has 6 nitrogen and oxygen atoms in total. The number of phenols is 1. The number of benzene rings is 4. The molecule has 0 bridgehead atoms. The number of aromatic nitrogens is 3. The average molecular weight is 495 g/mol. The van der Waals surface area contributed by atoms with Crippen LogP contribution < -0.4 is 5.32 Å². The second-order valence-electron chi connectivity index (χ2n) is 8.75. The predicted octanol–water partition coefficient (Wildman–Crippen LogP) is 6.07. The molecule has 0 saturated carbocycles. The van der Waals surface area contributed by atoms with Gasteiger partial charge in [0.05, 0.1) is 6.04 Å². The van der Waals surface area contributed by atoms with Crippen molar-refractivity contribution in [2.45, 2.75) is 25.9 Å². The minimum Gasteiger partial charge on any atom is -0.508 e. The number of carbonyl (C=O) groups excluding carboxylic acids is 1. The minimum absolute atomic E-state index is 0.140. The van der Waals surface area contributed by atoms with Crippen LogP contribution in [0.3, 0.4) is 0 Å². The van der Waals surface area contributed by atoms with Crippen molar-refractivity contribution in [2.75, 3.05) is 0 Å². The number of aromatic hydroxyl groups is 1. The highest BCUT2D eigenvalue weighted by Crippen LogP contribution is 2.36. The Morgan fingerprint density at radius 3 is 2.61 bits per heavy atom. The Labute approximate surface area is 214 Å². The highest BCUT2D eigenvalue weighted by Gasteiger charge is 2.22. The van der Waals surface area contributed by atoms with E-state index in [1.54, 1.807) is 6.07 Å². The van der Waals surface area contributed by atoms with E-state index in [0.717, 1.165) is 27.5 Å². The third kappa shape index (κ3) is 4.78. The van der Waals surface area contributed by atoms with Gasteiger partial charge in [0, 0.05) is 24.1 Å². The van der Waals surface area contributed by atoms with Crippen LogP contribution in [0.5, 0.6) is 5.75 Å². The summed E-state index contributed by atoms with van der Waals surface area (Å²) >= 11 is 5.45. The number of nitrogens with one attached hydrogen (secondary N) is 2. The van der Waals surface area contributed by atoms with E-state index in [1.165, 1.54) is 0 Å². The number of H-pyrrole nitrogens is 1. The van der Waals surface area contributed by atoms with Gasteiger partial charge >= 0.3 is 0 Å². The Kier molecular flexibility index (Phi) is 6.64. The number of fused-ring (bicyclic) bond motifs is 1. The van der Waals surface area contributed by atoms with Crippen molar-refractivity contribution in [2.24, 2.45) is 0 Å². The van der Waals surface area contributed by atoms with Gasteiger partial charge in [0.1, 0.15) is 5.75 Å². The van der Waals surface area contributed by atoms with Gasteiger partial charge in [-0.15, -0.1) is 0 Å². The molecule has 5 rings (SSSR count). The van der Waals surface area contributed by atoms with Gasteiger partial charge < -0.3 is 10.4 Å². The van der Waals surface area contributed by atoms with Crippen molar-refractivity contribution < 1.29 is 9.90 Å². The molecule has 36 heavy (non-hydrogen) atoms. The molecule has 4 aromatic carbocycles. The second-order valence-corrected chi connectivity index (χ2v) is 9.14. The van der Waals surface area contributed by atoms with Crippen LogP contribution in [0.4, 0.5) is 0 Å². The zero-order chi connectivity index (χ0) is 25.1. The first-order chi connectivity index (χ1) is 17.5. The van der Waals surface area contributed by atoms with Crippen molar-refractivity contribution in [1.82, 2.24) is 20.1 Å². The number of nitrogens with zero attached hydrogens (tertiary/aromatic N) is 2. The van der Waals surface area contributed by atoms with Gasteiger partial charge in [0.15, 0.2) is 10.6 Å². The monoisotopic (exact) mass is 494 g/mol. The van der Waals surface area contributed by atoms with Gasteiger partial charge in [-0.2, -0.15) is 5.10 Å². The van der Waals surface area contributed by atoms with Gasteiger partial charge in [0.2, 0.25) is 5.91 Å². The van der Waals surface area contributed by atoms with Gasteiger partial charge in [-0.05, 0) is 47.6 Å². The Morgan fingerprint density at radius 1 is 1.03 bits per heavy atom. The van der Waals surface area contributed by atoms with Crippen LogP contribution in [-0.2, 0) is 11.3 Å². The summed E-state index contributed by atoms with van der Waals surface area (Å²) < 4.78 is 2.31. The first-order valence-corrected chi connectivity index (χ1v) is 12.2. The molecule has 0 aliphatic rings. The zero-order valence-corrected chi connectivity index (χ0v) is 20.6. The molecule has 0 saturated heterocycles. The number of hydrogen-bond donors (Lipinski definition) is 3. The smallest absolute Gasteiger partial charge is 0.222 e. The van der Waals surface area contributed by atoms with Crippen LogP contribution in [0.2, 0.25) is 0 Å². The molecule has 1 atom stereocenters. The second kappa shape index (κ2) is 10.2. The van der Waals surface area contributed by atoms with Crippen molar-refractivity contribution >= 4 is 28.9 Å². The lowest BCUT2D eigenvalue weighted by Gasteiger charge is -2.23. The van der Waals surface area contributed by atoms with Crippen molar-refractivity contribution in [3.8, 4) is 17.1 Å². The van der Waals surface area contributed by atoms with E-state index in [-0.39, 0.29) is 18.1 Å². The van der Waals surface area contributed by atoms with E-state index in [0.29, 0.717) is 22.7 Å². The summed E-state index contributed by atoms with van der Waals surface area (Å²) in [6, 6.07) is 28.6. The van der Waals surface area contributed by atoms with E-state index < -0.39 is 6.04 Å². The Balaban J connectivity index is 1.44. The van der Waals surface area contributed by atoms with E-state index in [4.69, 9.17) is 12.2 Å². The van der Waals surface area contributed by atoms with Gasteiger partial charge in [-0.25, -0.2) is 0 Å². The Morgan fingerprint density at radius 2 is 1.81 bits per heavy atom. The highest BCUT2D eigenvalue weighted by molar-refractivity contribution is 7.71. The lowest BCUT2D eigenvalue weighted by atomic mass is 9.92. The third-order valence-corrected chi connectivity index (χ3v) is 6.58. The molecule has 1 amide bonds. The lowest BCUT2D eigenvalue weighted by molar-refractivity contribution is -0.121. The fraction of sp³-hybridized carbons (Fsp3) is 0.138. The van der Waals surface area contributed by atoms with Crippen LogP contribution >= 0.6 is 12.2 Å². The molecular formula is C29H26N4O2S. The first kappa shape index (κ1) is 23.5. The Hall–Kier alpha value is -4.23. The van der Waals surface area contributed by atoms with Gasteiger partial charge in [-0.1, -0.05) is 84.4 Å². The van der Waals surface area contributed by atoms with Gasteiger partial charge in [0.25, 0.3) is 0 Å². The van der Waals surface area contributed by atoms with Crippen LogP contribution in [0.15, 0.2) is 91.0 Å². The SMILES string of the molecule is Cc1cccc(-c2n[nH]c(=S)n2CCC(=O)NC(c2ccccc2)c2c(O)ccc3ccccc23)c1. The van der Waals surface area contributed by atoms with E-state index in [1.807, 2.05) is 96.4 Å². The van der Waals surface area contributed by atoms with Crippen LogP contribution in [-0.4, -0.2) is 25.8 Å². The molecule has 0 aliphatic carbocycles. The molecule has 3 N–H and O–H groups in total. The largest absolute Gasteiger partial charge is 0.508 e. The van der Waals surface area contributed by atoms with Crippen molar-refractivity contribution in [3.63, 3.8) is 0 Å². The fourth-order valence-corrected chi connectivity index (χ4v) is 4.75. The van der Waals surface area contributed by atoms with E-state index in [9.17, 15) is 9.90 Å². The number of hydrogen-bond acceptors (Lipinski definition) is 4. The highest BCUT2D eigenvalue weighted by atomic mass is 32.1. The average Bonchev–Trinajstić information content (AvgIpc) is 3.27. The lowest BCUT2D eigenvalue weighted by Crippen LogP contribution is -2.30. The molecular weight excluding hydrogens is 468 g/mol. The molecule has 0 radical (unpaired) electrons. The summed E-state index contributed by atoms with van der Waals surface area (Å²) in [7, 11) is 0. The van der Waals surface area contributed by atoms with Crippen LogP contribution in [0, 0.1) is 11.7 Å². The number of aromatic amines is 1. The Bertz CT molecular complexity index is 1590. The molecule has 180 valence electrons. The number of rotatable bonds is 7. The maximum atomic E-state index is 13.3. The molecule has 0 aliphatic heterocycles. The number of aryl methyl sites for hydroxylation is 1.